The molecule has 0 aromatic rings. The first-order chi connectivity index (χ1) is 3.39. The van der Waals surface area contributed by atoms with Gasteiger partial charge < -0.3 is 0 Å². The Labute approximate surface area is 51.6 Å². The van der Waals surface area contributed by atoms with Gasteiger partial charge in [-0.3, -0.25) is 0 Å². The van der Waals surface area contributed by atoms with E-state index >= 15 is 0 Å². The number of thiol groups is 1. The molecule has 0 amide bonds. The predicted octanol–water partition coefficient (Wildman–Crippen LogP) is 2.50. The van der Waals surface area contributed by atoms with Crippen LogP contribution in [0.25, 0.3) is 0 Å². The first kappa shape index (κ1) is 5.91. The lowest BCUT2D eigenvalue weighted by molar-refractivity contribution is 0.758. The molecule has 1 heterocycles. The number of hydrogen-bond donors (Lipinski definition) is 1. The molecule has 1 aliphatic rings. The van der Waals surface area contributed by atoms with Gasteiger partial charge in [0.15, 0.2) is 0 Å². The summed E-state index contributed by atoms with van der Waals surface area (Å²) >= 11 is 4.43. The van der Waals surface area contributed by atoms with E-state index < -0.39 is 0 Å². The van der Waals surface area contributed by atoms with Gasteiger partial charge >= 0.3 is 0 Å². The fourth-order valence-electron chi connectivity index (χ4n) is 0.877. The van der Waals surface area contributed by atoms with Gasteiger partial charge in [0.25, 0.3) is 0 Å². The number of rotatable bonds is 0. The molecule has 0 spiro atoms. The van der Waals surface area contributed by atoms with Crippen molar-refractivity contribution in [3.05, 3.63) is 0 Å². The van der Waals surface area contributed by atoms with Crippen LogP contribution in [0.1, 0.15) is 19.3 Å². The second-order valence-electron chi connectivity index (χ2n) is 2.01. The van der Waals surface area contributed by atoms with Gasteiger partial charge in [-0.05, 0) is 25.2 Å². The maximum Gasteiger partial charge on any atom is -0.0236 e. The van der Waals surface area contributed by atoms with Crippen molar-refractivity contribution >= 4 is 19.4 Å². The normalized spacial score (nSPS) is 25.3. The predicted molar refractivity (Wildman–Crippen MR) is 39.5 cm³/mol. The summed E-state index contributed by atoms with van der Waals surface area (Å²) in [6, 6.07) is 0. The standard InChI is InChI=1S/C5H11PS/c7-6-4-2-1-3-5-6/h7H,1-5H2. The highest BCUT2D eigenvalue weighted by Crippen LogP contribution is 2.45. The fraction of sp³-hybridized carbons (Fsp3) is 1.00. The molecule has 0 unspecified atom stereocenters. The third-order valence-electron chi connectivity index (χ3n) is 1.33. The molecule has 0 aromatic carbocycles. The van der Waals surface area contributed by atoms with Crippen molar-refractivity contribution in [1.29, 1.82) is 0 Å². The van der Waals surface area contributed by atoms with Crippen LogP contribution in [0.3, 0.4) is 0 Å². The summed E-state index contributed by atoms with van der Waals surface area (Å²) in [5.74, 6) is 0. The third-order valence-corrected chi connectivity index (χ3v) is 4.20. The zero-order valence-corrected chi connectivity index (χ0v) is 6.22. The fourth-order valence-corrected chi connectivity index (χ4v) is 3.13. The van der Waals surface area contributed by atoms with Crippen LogP contribution in [0.2, 0.25) is 0 Å². The molecule has 1 aliphatic heterocycles. The van der Waals surface area contributed by atoms with E-state index in [2.05, 4.69) is 12.2 Å². The summed E-state index contributed by atoms with van der Waals surface area (Å²) in [5.41, 5.74) is 0. The maximum atomic E-state index is 4.43. The van der Waals surface area contributed by atoms with Gasteiger partial charge in [0.2, 0.25) is 0 Å². The van der Waals surface area contributed by atoms with Gasteiger partial charge in [0.05, 0.1) is 0 Å². The van der Waals surface area contributed by atoms with Gasteiger partial charge in [0.1, 0.15) is 0 Å². The third kappa shape index (κ3) is 2.01. The Hall–Kier alpha value is 0.780. The second kappa shape index (κ2) is 2.94. The van der Waals surface area contributed by atoms with Gasteiger partial charge in [-0.2, -0.15) is 12.2 Å². The first-order valence-electron chi connectivity index (χ1n) is 2.83. The summed E-state index contributed by atoms with van der Waals surface area (Å²) < 4.78 is 0. The smallest absolute Gasteiger partial charge is 0.0236 e. The van der Waals surface area contributed by atoms with E-state index in [4.69, 9.17) is 0 Å². The molecule has 0 radical (unpaired) electrons. The minimum Gasteiger partial charge on any atom is -0.151 e. The minimum absolute atomic E-state index is 0.203. The summed E-state index contributed by atoms with van der Waals surface area (Å²) in [4.78, 5) is 0. The molecule has 0 aromatic heterocycles. The molecule has 7 heavy (non-hydrogen) atoms. The van der Waals surface area contributed by atoms with E-state index in [0.717, 1.165) is 0 Å². The molecule has 1 saturated heterocycles. The lowest BCUT2D eigenvalue weighted by Gasteiger charge is -2.15. The van der Waals surface area contributed by atoms with Crippen molar-refractivity contribution in [2.45, 2.75) is 19.3 Å². The highest BCUT2D eigenvalue weighted by Gasteiger charge is 2.06. The Kier molecular flexibility index (Phi) is 2.48. The van der Waals surface area contributed by atoms with E-state index in [1.54, 1.807) is 0 Å². The molecule has 42 valence electrons. The topological polar surface area (TPSA) is 0 Å². The van der Waals surface area contributed by atoms with E-state index in [-0.39, 0.29) is 7.12 Å². The molecule has 0 nitrogen and oxygen atoms in total. The van der Waals surface area contributed by atoms with Gasteiger partial charge in [0, 0.05) is 0 Å². The van der Waals surface area contributed by atoms with Crippen LogP contribution in [0.15, 0.2) is 0 Å². The molecular weight excluding hydrogens is 123 g/mol. The molecule has 0 N–H and O–H groups in total. The van der Waals surface area contributed by atoms with Crippen LogP contribution in [0, 0.1) is 0 Å². The van der Waals surface area contributed by atoms with Crippen LogP contribution in [-0.4, -0.2) is 12.3 Å². The Morgan fingerprint density at radius 1 is 1.00 bits per heavy atom. The van der Waals surface area contributed by atoms with Crippen molar-refractivity contribution in [2.24, 2.45) is 0 Å². The quantitative estimate of drug-likeness (QED) is 0.382. The highest BCUT2D eigenvalue weighted by molar-refractivity contribution is 8.45. The van der Waals surface area contributed by atoms with Crippen LogP contribution in [0.4, 0.5) is 0 Å². The van der Waals surface area contributed by atoms with Crippen LogP contribution in [-0.2, 0) is 0 Å². The van der Waals surface area contributed by atoms with E-state index in [9.17, 15) is 0 Å². The molecule has 0 bridgehead atoms. The lowest BCUT2D eigenvalue weighted by Crippen LogP contribution is -1.93. The Morgan fingerprint density at radius 3 is 1.86 bits per heavy atom. The minimum atomic E-state index is 0.203. The maximum absolute atomic E-state index is 4.43. The summed E-state index contributed by atoms with van der Waals surface area (Å²) in [6.07, 6.45) is 7.17. The van der Waals surface area contributed by atoms with Crippen molar-refractivity contribution < 1.29 is 0 Å². The van der Waals surface area contributed by atoms with E-state index in [1.807, 2.05) is 0 Å². The Morgan fingerprint density at radius 2 is 1.57 bits per heavy atom. The summed E-state index contributed by atoms with van der Waals surface area (Å²) in [5, 5.41) is 0. The Bertz CT molecular complexity index is 50.0. The molecule has 1 rings (SSSR count). The van der Waals surface area contributed by atoms with Gasteiger partial charge in [-0.15, -0.1) is 0 Å². The zero-order valence-electron chi connectivity index (χ0n) is 4.43. The van der Waals surface area contributed by atoms with E-state index in [1.165, 1.54) is 31.6 Å². The highest BCUT2D eigenvalue weighted by atomic mass is 32.7. The van der Waals surface area contributed by atoms with Gasteiger partial charge in [-0.1, -0.05) is 13.5 Å². The summed E-state index contributed by atoms with van der Waals surface area (Å²) in [6.45, 7) is 0. The van der Waals surface area contributed by atoms with Crippen molar-refractivity contribution in [3.63, 3.8) is 0 Å². The molecule has 2 heteroatoms. The molecular formula is C5H11PS. The van der Waals surface area contributed by atoms with Crippen molar-refractivity contribution in [3.8, 4) is 0 Å². The zero-order chi connectivity index (χ0) is 5.11. The Balaban J connectivity index is 2.12. The summed E-state index contributed by atoms with van der Waals surface area (Å²) in [7, 11) is 0.203. The van der Waals surface area contributed by atoms with Crippen LogP contribution >= 0.6 is 19.4 Å². The van der Waals surface area contributed by atoms with Gasteiger partial charge in [-0.25, -0.2) is 0 Å². The molecule has 0 atom stereocenters. The molecule has 0 aliphatic carbocycles. The average molecular weight is 134 g/mol. The second-order valence-corrected chi connectivity index (χ2v) is 5.62. The van der Waals surface area contributed by atoms with E-state index in [0.29, 0.717) is 0 Å². The SMILES string of the molecule is SP1CCCCC1. The number of hydrogen-bond acceptors (Lipinski definition) is 1. The lowest BCUT2D eigenvalue weighted by atomic mass is 10.3. The largest absolute Gasteiger partial charge is 0.151 e. The molecule has 0 saturated carbocycles. The molecule has 1 fully saturated rings. The van der Waals surface area contributed by atoms with Crippen molar-refractivity contribution in [2.75, 3.05) is 12.3 Å². The van der Waals surface area contributed by atoms with Crippen molar-refractivity contribution in [1.82, 2.24) is 0 Å². The average Bonchev–Trinajstić information content (AvgIpc) is 1.69. The first-order valence-corrected chi connectivity index (χ1v) is 5.70. The van der Waals surface area contributed by atoms with Crippen LogP contribution in [0.5, 0.6) is 0 Å². The monoisotopic (exact) mass is 134 g/mol. The van der Waals surface area contributed by atoms with Crippen LogP contribution < -0.4 is 0 Å².